The van der Waals surface area contributed by atoms with Gasteiger partial charge in [0.15, 0.2) is 0 Å². The van der Waals surface area contributed by atoms with Crippen molar-refractivity contribution in [1.82, 2.24) is 10.2 Å². The molecule has 168 valence electrons. The smallest absolute Gasteiger partial charge is 0.247 e. The standard InChI is InChI=1S/C25H33ClN2O3/c1-18(2)25(30)28(17-20-11-13-22(26)14-12-20)23(21-9-6-5-7-10-21)24(29)27-15-8-16-31-19(3)4/h5-7,9-14,18-19,23H,8,15-17H2,1-4H3,(H,27,29). The van der Waals surface area contributed by atoms with E-state index in [1.54, 1.807) is 17.0 Å². The summed E-state index contributed by atoms with van der Waals surface area (Å²) < 4.78 is 5.55. The summed E-state index contributed by atoms with van der Waals surface area (Å²) in [7, 11) is 0. The van der Waals surface area contributed by atoms with Crippen LogP contribution in [-0.4, -0.2) is 36.0 Å². The summed E-state index contributed by atoms with van der Waals surface area (Å²) in [5, 5.41) is 3.62. The number of amides is 2. The summed E-state index contributed by atoms with van der Waals surface area (Å²) in [6.07, 6.45) is 0.868. The van der Waals surface area contributed by atoms with Gasteiger partial charge in [0, 0.05) is 30.6 Å². The zero-order valence-corrected chi connectivity index (χ0v) is 19.6. The number of benzene rings is 2. The van der Waals surface area contributed by atoms with Crippen molar-refractivity contribution in [3.05, 3.63) is 70.7 Å². The molecule has 1 unspecified atom stereocenters. The monoisotopic (exact) mass is 444 g/mol. The number of hydrogen-bond donors (Lipinski definition) is 1. The predicted molar refractivity (Wildman–Crippen MR) is 125 cm³/mol. The van der Waals surface area contributed by atoms with Gasteiger partial charge in [-0.05, 0) is 43.5 Å². The van der Waals surface area contributed by atoms with Gasteiger partial charge in [0.2, 0.25) is 11.8 Å². The molecule has 0 saturated heterocycles. The van der Waals surface area contributed by atoms with Crippen molar-refractivity contribution in [2.75, 3.05) is 13.2 Å². The second-order valence-corrected chi connectivity index (χ2v) is 8.56. The predicted octanol–water partition coefficient (Wildman–Crippen LogP) is 5.00. The number of ether oxygens (including phenoxy) is 1. The molecule has 0 saturated carbocycles. The van der Waals surface area contributed by atoms with Gasteiger partial charge >= 0.3 is 0 Å². The fourth-order valence-electron chi connectivity index (χ4n) is 3.22. The average Bonchev–Trinajstić information content (AvgIpc) is 2.74. The third kappa shape index (κ3) is 8.00. The molecule has 0 aliphatic heterocycles. The lowest BCUT2D eigenvalue weighted by Crippen LogP contribution is -2.45. The Morgan fingerprint density at radius 1 is 1.00 bits per heavy atom. The van der Waals surface area contributed by atoms with E-state index >= 15 is 0 Å². The number of carbonyl (C=O) groups is 2. The van der Waals surface area contributed by atoms with E-state index in [1.165, 1.54) is 0 Å². The molecule has 2 rings (SSSR count). The first-order chi connectivity index (χ1) is 14.8. The van der Waals surface area contributed by atoms with Crippen molar-refractivity contribution in [2.45, 2.75) is 52.8 Å². The van der Waals surface area contributed by atoms with Crippen LogP contribution in [0, 0.1) is 5.92 Å². The van der Waals surface area contributed by atoms with Crippen molar-refractivity contribution in [3.63, 3.8) is 0 Å². The minimum Gasteiger partial charge on any atom is -0.379 e. The molecule has 5 nitrogen and oxygen atoms in total. The van der Waals surface area contributed by atoms with Gasteiger partial charge in [0.05, 0.1) is 6.10 Å². The number of rotatable bonds is 11. The molecule has 0 radical (unpaired) electrons. The van der Waals surface area contributed by atoms with Gasteiger partial charge in [0.1, 0.15) is 6.04 Å². The molecule has 1 N–H and O–H groups in total. The summed E-state index contributed by atoms with van der Waals surface area (Å²) in [5.74, 6) is -0.522. The van der Waals surface area contributed by atoms with Crippen LogP contribution in [-0.2, 0) is 20.9 Å². The third-order valence-corrected chi connectivity index (χ3v) is 5.04. The Morgan fingerprint density at radius 2 is 1.65 bits per heavy atom. The normalized spacial score (nSPS) is 12.1. The number of carbonyl (C=O) groups excluding carboxylic acids is 2. The van der Waals surface area contributed by atoms with Gasteiger partial charge in [-0.3, -0.25) is 9.59 Å². The fraction of sp³-hybridized carbons (Fsp3) is 0.440. The number of hydrogen-bond acceptors (Lipinski definition) is 3. The number of halogens is 1. The van der Waals surface area contributed by atoms with Crippen LogP contribution in [0.1, 0.15) is 51.3 Å². The Kier molecular flexibility index (Phi) is 10.0. The second-order valence-electron chi connectivity index (χ2n) is 8.12. The van der Waals surface area contributed by atoms with Crippen molar-refractivity contribution >= 4 is 23.4 Å². The minimum atomic E-state index is -0.724. The van der Waals surface area contributed by atoms with E-state index in [4.69, 9.17) is 16.3 Å². The molecule has 0 fully saturated rings. The summed E-state index contributed by atoms with van der Waals surface area (Å²) in [4.78, 5) is 28.1. The summed E-state index contributed by atoms with van der Waals surface area (Å²) >= 11 is 6.02. The molecule has 6 heteroatoms. The van der Waals surface area contributed by atoms with Crippen LogP contribution >= 0.6 is 11.6 Å². The molecular formula is C25H33ClN2O3. The zero-order chi connectivity index (χ0) is 22.8. The van der Waals surface area contributed by atoms with Crippen LogP contribution in [0.25, 0.3) is 0 Å². The summed E-state index contributed by atoms with van der Waals surface area (Å²) in [6.45, 7) is 9.04. The lowest BCUT2D eigenvalue weighted by Gasteiger charge is -2.33. The Bertz CT molecular complexity index is 822. The van der Waals surface area contributed by atoms with Crippen molar-refractivity contribution < 1.29 is 14.3 Å². The maximum atomic E-state index is 13.3. The maximum Gasteiger partial charge on any atom is 0.247 e. The van der Waals surface area contributed by atoms with Gasteiger partial charge in [-0.2, -0.15) is 0 Å². The molecule has 2 aromatic carbocycles. The van der Waals surface area contributed by atoms with Crippen LogP contribution in [0.2, 0.25) is 5.02 Å². The molecule has 0 aliphatic rings. The van der Waals surface area contributed by atoms with Crippen molar-refractivity contribution in [2.24, 2.45) is 5.92 Å². The Morgan fingerprint density at radius 3 is 2.23 bits per heavy atom. The molecule has 0 heterocycles. The molecule has 2 amide bonds. The highest BCUT2D eigenvalue weighted by molar-refractivity contribution is 6.30. The van der Waals surface area contributed by atoms with Crippen LogP contribution in [0.4, 0.5) is 0 Å². The second kappa shape index (κ2) is 12.5. The van der Waals surface area contributed by atoms with Crippen molar-refractivity contribution in [1.29, 1.82) is 0 Å². The van der Waals surface area contributed by atoms with Gasteiger partial charge in [-0.25, -0.2) is 0 Å². The lowest BCUT2D eigenvalue weighted by molar-refractivity contribution is -0.144. The first-order valence-electron chi connectivity index (χ1n) is 10.8. The highest BCUT2D eigenvalue weighted by atomic mass is 35.5. The SMILES string of the molecule is CC(C)OCCCNC(=O)C(c1ccccc1)N(Cc1ccc(Cl)cc1)C(=O)C(C)C. The Hall–Kier alpha value is -2.37. The average molecular weight is 445 g/mol. The highest BCUT2D eigenvalue weighted by Crippen LogP contribution is 2.26. The summed E-state index contributed by atoms with van der Waals surface area (Å²) in [6, 6.07) is 16.1. The first kappa shape index (κ1) is 24.9. The first-order valence-corrected chi connectivity index (χ1v) is 11.2. The molecule has 0 aliphatic carbocycles. The van der Waals surface area contributed by atoms with Crippen LogP contribution in [0.15, 0.2) is 54.6 Å². The van der Waals surface area contributed by atoms with Crippen LogP contribution < -0.4 is 5.32 Å². The van der Waals surface area contributed by atoms with Gasteiger partial charge in [-0.15, -0.1) is 0 Å². The van der Waals surface area contributed by atoms with Crippen molar-refractivity contribution in [3.8, 4) is 0 Å². The van der Waals surface area contributed by atoms with E-state index in [-0.39, 0.29) is 23.8 Å². The van der Waals surface area contributed by atoms with E-state index in [1.807, 2.05) is 70.2 Å². The molecule has 1 atom stereocenters. The van der Waals surface area contributed by atoms with Crippen LogP contribution in [0.5, 0.6) is 0 Å². The van der Waals surface area contributed by atoms with E-state index < -0.39 is 6.04 Å². The van der Waals surface area contributed by atoms with Gasteiger partial charge in [0.25, 0.3) is 0 Å². The van der Waals surface area contributed by atoms with E-state index in [0.717, 1.165) is 11.1 Å². The van der Waals surface area contributed by atoms with E-state index in [9.17, 15) is 9.59 Å². The maximum absolute atomic E-state index is 13.3. The fourth-order valence-corrected chi connectivity index (χ4v) is 3.35. The van der Waals surface area contributed by atoms with Crippen LogP contribution in [0.3, 0.4) is 0 Å². The molecule has 0 spiro atoms. The number of nitrogens with one attached hydrogen (secondary N) is 1. The molecule has 0 aromatic heterocycles. The molecule has 2 aromatic rings. The third-order valence-electron chi connectivity index (χ3n) is 4.79. The molecule has 0 bridgehead atoms. The van der Waals surface area contributed by atoms with Gasteiger partial charge < -0.3 is 15.0 Å². The van der Waals surface area contributed by atoms with Gasteiger partial charge in [-0.1, -0.05) is 67.9 Å². The zero-order valence-electron chi connectivity index (χ0n) is 18.8. The van der Waals surface area contributed by atoms with E-state index in [2.05, 4.69) is 5.32 Å². The highest BCUT2D eigenvalue weighted by Gasteiger charge is 2.32. The largest absolute Gasteiger partial charge is 0.379 e. The lowest BCUT2D eigenvalue weighted by atomic mass is 10.0. The topological polar surface area (TPSA) is 58.6 Å². The Balaban J connectivity index is 2.27. The molecule has 31 heavy (non-hydrogen) atoms. The van der Waals surface area contributed by atoms with E-state index in [0.29, 0.717) is 31.1 Å². The quantitative estimate of drug-likeness (QED) is 0.496. The molecular weight excluding hydrogens is 412 g/mol. The minimum absolute atomic E-state index is 0.0814. The summed E-state index contributed by atoms with van der Waals surface area (Å²) in [5.41, 5.74) is 1.69. The Labute approximate surface area is 190 Å². The number of nitrogens with zero attached hydrogens (tertiary/aromatic N) is 1.